The van der Waals surface area contributed by atoms with Crippen LogP contribution in [0.5, 0.6) is 5.75 Å². The molecule has 20 heavy (non-hydrogen) atoms. The standard InChI is InChI=1S/C15H18BrFN2O/c1-3-13(4-2)19-8-7-12(18-19)10-20-15-9-11(16)5-6-14(15)17/h5-9,13H,3-4,10H2,1-2H3. The minimum absolute atomic E-state index is 0.233. The first-order valence-corrected chi connectivity index (χ1v) is 7.55. The molecule has 0 saturated carbocycles. The Morgan fingerprint density at radius 2 is 2.05 bits per heavy atom. The van der Waals surface area contributed by atoms with Crippen molar-refractivity contribution in [1.82, 2.24) is 9.78 Å². The van der Waals surface area contributed by atoms with Crippen LogP contribution in [0, 0.1) is 5.82 Å². The Morgan fingerprint density at radius 3 is 2.75 bits per heavy atom. The minimum atomic E-state index is -0.368. The molecule has 0 unspecified atom stereocenters. The molecule has 0 aliphatic heterocycles. The van der Waals surface area contributed by atoms with Crippen LogP contribution in [0.15, 0.2) is 34.9 Å². The zero-order chi connectivity index (χ0) is 14.5. The highest BCUT2D eigenvalue weighted by Crippen LogP contribution is 2.23. The summed E-state index contributed by atoms with van der Waals surface area (Å²) in [5, 5.41) is 4.48. The van der Waals surface area contributed by atoms with Gasteiger partial charge in [0.2, 0.25) is 0 Å². The van der Waals surface area contributed by atoms with E-state index in [2.05, 4.69) is 34.9 Å². The molecule has 108 valence electrons. The molecule has 1 aromatic heterocycles. The summed E-state index contributed by atoms with van der Waals surface area (Å²) >= 11 is 3.30. The average Bonchev–Trinajstić information content (AvgIpc) is 2.90. The summed E-state index contributed by atoms with van der Waals surface area (Å²) in [6.07, 6.45) is 4.03. The van der Waals surface area contributed by atoms with Crippen molar-refractivity contribution in [2.45, 2.75) is 39.3 Å². The lowest BCUT2D eigenvalue weighted by Gasteiger charge is -2.12. The summed E-state index contributed by atoms with van der Waals surface area (Å²) in [4.78, 5) is 0. The van der Waals surface area contributed by atoms with Gasteiger partial charge in [-0.25, -0.2) is 4.39 Å². The van der Waals surface area contributed by atoms with E-state index in [9.17, 15) is 4.39 Å². The third-order valence-corrected chi connectivity index (χ3v) is 3.74. The molecule has 3 nitrogen and oxygen atoms in total. The van der Waals surface area contributed by atoms with E-state index in [0.717, 1.165) is 23.0 Å². The number of benzene rings is 1. The van der Waals surface area contributed by atoms with Gasteiger partial charge in [-0.15, -0.1) is 0 Å². The van der Waals surface area contributed by atoms with Gasteiger partial charge in [-0.2, -0.15) is 5.10 Å². The number of hydrogen-bond donors (Lipinski definition) is 0. The fourth-order valence-electron chi connectivity index (χ4n) is 2.06. The van der Waals surface area contributed by atoms with E-state index in [4.69, 9.17) is 4.74 Å². The van der Waals surface area contributed by atoms with Crippen molar-refractivity contribution in [3.8, 4) is 5.75 Å². The predicted octanol–water partition coefficient (Wildman–Crippen LogP) is 4.72. The molecule has 1 heterocycles. The van der Waals surface area contributed by atoms with Gasteiger partial charge in [0.1, 0.15) is 6.61 Å². The second-order valence-corrected chi connectivity index (χ2v) is 5.54. The predicted molar refractivity (Wildman–Crippen MR) is 80.3 cm³/mol. The summed E-state index contributed by atoms with van der Waals surface area (Å²) in [7, 11) is 0. The van der Waals surface area contributed by atoms with E-state index < -0.39 is 0 Å². The molecule has 0 spiro atoms. The van der Waals surface area contributed by atoms with Crippen molar-refractivity contribution < 1.29 is 9.13 Å². The Kier molecular flexibility index (Phi) is 5.17. The number of halogens is 2. The molecule has 0 aliphatic carbocycles. The van der Waals surface area contributed by atoms with E-state index in [1.165, 1.54) is 6.07 Å². The second kappa shape index (κ2) is 6.88. The van der Waals surface area contributed by atoms with Crippen molar-refractivity contribution in [3.63, 3.8) is 0 Å². The van der Waals surface area contributed by atoms with Gasteiger partial charge in [0.15, 0.2) is 11.6 Å². The molecule has 2 aromatic rings. The first-order chi connectivity index (χ1) is 9.63. The number of ether oxygens (including phenoxy) is 1. The van der Waals surface area contributed by atoms with Crippen molar-refractivity contribution >= 4 is 15.9 Å². The summed E-state index contributed by atoms with van der Waals surface area (Å²) in [6.45, 7) is 4.55. The molecule has 0 N–H and O–H groups in total. The quantitative estimate of drug-likeness (QED) is 0.760. The SMILES string of the molecule is CCC(CC)n1ccc(COc2cc(Br)ccc2F)n1. The maximum Gasteiger partial charge on any atom is 0.165 e. The Labute approximate surface area is 126 Å². The van der Waals surface area contributed by atoms with Crippen molar-refractivity contribution in [1.29, 1.82) is 0 Å². The van der Waals surface area contributed by atoms with E-state index in [1.54, 1.807) is 12.1 Å². The van der Waals surface area contributed by atoms with Crippen LogP contribution in [0.2, 0.25) is 0 Å². The maximum absolute atomic E-state index is 13.5. The molecule has 0 amide bonds. The normalized spacial score (nSPS) is 11.1. The molecular weight excluding hydrogens is 323 g/mol. The molecule has 0 atom stereocenters. The summed E-state index contributed by atoms with van der Waals surface area (Å²) in [5.74, 6) is -0.135. The maximum atomic E-state index is 13.5. The molecule has 0 saturated heterocycles. The van der Waals surface area contributed by atoms with Crippen LogP contribution in [0.4, 0.5) is 4.39 Å². The lowest BCUT2D eigenvalue weighted by molar-refractivity contribution is 0.282. The van der Waals surface area contributed by atoms with E-state index in [0.29, 0.717) is 6.04 Å². The second-order valence-electron chi connectivity index (χ2n) is 4.62. The lowest BCUT2D eigenvalue weighted by Crippen LogP contribution is -2.08. The highest BCUT2D eigenvalue weighted by atomic mass is 79.9. The minimum Gasteiger partial charge on any atom is -0.484 e. The molecule has 2 rings (SSSR count). The smallest absolute Gasteiger partial charge is 0.165 e. The molecule has 0 radical (unpaired) electrons. The monoisotopic (exact) mass is 340 g/mol. The van der Waals surface area contributed by atoms with Crippen LogP contribution in [-0.2, 0) is 6.61 Å². The van der Waals surface area contributed by atoms with E-state index in [1.807, 2.05) is 16.9 Å². The number of rotatable bonds is 6. The Bertz CT molecular complexity index is 567. The van der Waals surface area contributed by atoms with Crippen LogP contribution in [0.25, 0.3) is 0 Å². The van der Waals surface area contributed by atoms with E-state index >= 15 is 0 Å². The van der Waals surface area contributed by atoms with Crippen LogP contribution >= 0.6 is 15.9 Å². The van der Waals surface area contributed by atoms with Gasteiger partial charge in [0, 0.05) is 10.7 Å². The van der Waals surface area contributed by atoms with Gasteiger partial charge in [-0.05, 0) is 37.1 Å². The molecule has 0 bridgehead atoms. The molecule has 0 aliphatic rings. The Balaban J connectivity index is 2.02. The van der Waals surface area contributed by atoms with Crippen molar-refractivity contribution in [3.05, 3.63) is 46.4 Å². The van der Waals surface area contributed by atoms with Gasteiger partial charge in [0.25, 0.3) is 0 Å². The zero-order valence-electron chi connectivity index (χ0n) is 11.6. The molecule has 1 aromatic carbocycles. The third-order valence-electron chi connectivity index (χ3n) is 3.25. The van der Waals surface area contributed by atoms with Crippen molar-refractivity contribution in [2.24, 2.45) is 0 Å². The topological polar surface area (TPSA) is 27.1 Å². The molecule has 0 fully saturated rings. The van der Waals surface area contributed by atoms with Gasteiger partial charge in [0.05, 0.1) is 11.7 Å². The van der Waals surface area contributed by atoms with Crippen molar-refractivity contribution in [2.75, 3.05) is 0 Å². The van der Waals surface area contributed by atoms with Crippen LogP contribution in [0.3, 0.4) is 0 Å². The van der Waals surface area contributed by atoms with Crippen LogP contribution in [0.1, 0.15) is 38.4 Å². The van der Waals surface area contributed by atoms with Gasteiger partial charge < -0.3 is 4.74 Å². The number of nitrogens with zero attached hydrogens (tertiary/aromatic N) is 2. The first-order valence-electron chi connectivity index (χ1n) is 6.76. The highest BCUT2D eigenvalue weighted by Gasteiger charge is 2.09. The number of aromatic nitrogens is 2. The highest BCUT2D eigenvalue weighted by molar-refractivity contribution is 9.10. The number of hydrogen-bond acceptors (Lipinski definition) is 2. The fraction of sp³-hybridized carbons (Fsp3) is 0.400. The fourth-order valence-corrected chi connectivity index (χ4v) is 2.40. The van der Waals surface area contributed by atoms with Gasteiger partial charge >= 0.3 is 0 Å². The lowest BCUT2D eigenvalue weighted by atomic mass is 10.2. The van der Waals surface area contributed by atoms with E-state index in [-0.39, 0.29) is 18.2 Å². The Hall–Kier alpha value is -1.36. The molecule has 5 heteroatoms. The zero-order valence-corrected chi connectivity index (χ0v) is 13.2. The summed E-state index contributed by atoms with van der Waals surface area (Å²) < 4.78 is 21.8. The largest absolute Gasteiger partial charge is 0.484 e. The third kappa shape index (κ3) is 3.60. The first kappa shape index (κ1) is 15.0. The van der Waals surface area contributed by atoms with Crippen LogP contribution in [-0.4, -0.2) is 9.78 Å². The Morgan fingerprint density at radius 1 is 1.30 bits per heavy atom. The van der Waals surface area contributed by atoms with Crippen LogP contribution < -0.4 is 4.74 Å². The van der Waals surface area contributed by atoms with Gasteiger partial charge in [-0.1, -0.05) is 29.8 Å². The average molecular weight is 341 g/mol. The molecular formula is C15H18BrFN2O. The van der Waals surface area contributed by atoms with Gasteiger partial charge in [-0.3, -0.25) is 4.68 Å². The summed E-state index contributed by atoms with van der Waals surface area (Å²) in [5.41, 5.74) is 0.802. The summed E-state index contributed by atoms with van der Waals surface area (Å²) in [6, 6.07) is 6.96.